The normalized spacial score (nSPS) is 19.5. The van der Waals surface area contributed by atoms with Crippen LogP contribution in [-0.2, 0) is 5.54 Å². The Morgan fingerprint density at radius 1 is 1.23 bits per heavy atom. The number of nitrogens with two attached hydrogens (primary N) is 1. The van der Waals surface area contributed by atoms with E-state index in [1.165, 1.54) is 12.0 Å². The molecule has 3 heteroatoms. The first kappa shape index (κ1) is 9.00. The highest BCUT2D eigenvalue weighted by atomic mass is 35.5. The van der Waals surface area contributed by atoms with Crippen molar-refractivity contribution in [3.8, 4) is 0 Å². The summed E-state index contributed by atoms with van der Waals surface area (Å²) in [5, 5.41) is 0.773. The summed E-state index contributed by atoms with van der Waals surface area (Å²) in [7, 11) is 0. The number of nitrogens with one attached hydrogen (secondary N) is 1. The molecule has 0 unspecified atom stereocenters. The summed E-state index contributed by atoms with van der Waals surface area (Å²) in [5.74, 6) is 5.56. The average Bonchev–Trinajstić information content (AvgIpc) is 2.07. The minimum absolute atomic E-state index is 0.0184. The summed E-state index contributed by atoms with van der Waals surface area (Å²) in [6, 6.07) is 7.91. The highest BCUT2D eigenvalue weighted by Gasteiger charge is 2.37. The van der Waals surface area contributed by atoms with E-state index in [2.05, 4.69) is 5.43 Å². The van der Waals surface area contributed by atoms with Gasteiger partial charge in [0.25, 0.3) is 0 Å². The Kier molecular flexibility index (Phi) is 2.28. The smallest absolute Gasteiger partial charge is 0.0569 e. The van der Waals surface area contributed by atoms with Gasteiger partial charge in [0, 0.05) is 5.02 Å². The van der Waals surface area contributed by atoms with Gasteiger partial charge >= 0.3 is 0 Å². The Labute approximate surface area is 83.0 Å². The molecular weight excluding hydrogens is 184 g/mol. The molecule has 1 saturated carbocycles. The second kappa shape index (κ2) is 3.29. The van der Waals surface area contributed by atoms with Gasteiger partial charge in [-0.1, -0.05) is 23.7 Å². The lowest BCUT2D eigenvalue weighted by Gasteiger charge is -2.41. The van der Waals surface area contributed by atoms with Crippen LogP contribution >= 0.6 is 11.6 Å². The first-order chi connectivity index (χ1) is 6.27. The lowest BCUT2D eigenvalue weighted by atomic mass is 9.72. The molecule has 70 valence electrons. The second-order valence-corrected chi connectivity index (χ2v) is 4.02. The van der Waals surface area contributed by atoms with Crippen LogP contribution in [0.3, 0.4) is 0 Å². The molecule has 0 heterocycles. The van der Waals surface area contributed by atoms with E-state index in [0.29, 0.717) is 0 Å². The van der Waals surface area contributed by atoms with E-state index in [-0.39, 0.29) is 5.54 Å². The summed E-state index contributed by atoms with van der Waals surface area (Å²) >= 11 is 5.81. The molecule has 0 aromatic heterocycles. The summed E-state index contributed by atoms with van der Waals surface area (Å²) < 4.78 is 0. The molecule has 13 heavy (non-hydrogen) atoms. The van der Waals surface area contributed by atoms with Gasteiger partial charge in [-0.15, -0.1) is 0 Å². The van der Waals surface area contributed by atoms with E-state index in [9.17, 15) is 0 Å². The minimum Gasteiger partial charge on any atom is -0.271 e. The van der Waals surface area contributed by atoms with Crippen molar-refractivity contribution < 1.29 is 0 Å². The molecule has 1 aliphatic rings. The number of benzene rings is 1. The molecule has 1 fully saturated rings. The molecule has 1 aromatic carbocycles. The molecule has 0 saturated heterocycles. The maximum Gasteiger partial charge on any atom is 0.0569 e. The van der Waals surface area contributed by atoms with Gasteiger partial charge in [0.2, 0.25) is 0 Å². The van der Waals surface area contributed by atoms with Gasteiger partial charge in [-0.25, -0.2) is 5.43 Å². The fourth-order valence-electron chi connectivity index (χ4n) is 1.82. The number of hydrogen-bond donors (Lipinski definition) is 2. The molecular formula is C10H13ClN2. The SMILES string of the molecule is NNC1(c2ccc(Cl)cc2)CCC1. The highest BCUT2D eigenvalue weighted by Crippen LogP contribution is 2.40. The lowest BCUT2D eigenvalue weighted by molar-refractivity contribution is 0.188. The van der Waals surface area contributed by atoms with Crippen molar-refractivity contribution in [3.63, 3.8) is 0 Å². The van der Waals surface area contributed by atoms with Gasteiger partial charge in [-0.05, 0) is 37.0 Å². The van der Waals surface area contributed by atoms with E-state index in [1.807, 2.05) is 24.3 Å². The van der Waals surface area contributed by atoms with Gasteiger partial charge < -0.3 is 0 Å². The van der Waals surface area contributed by atoms with E-state index < -0.39 is 0 Å². The van der Waals surface area contributed by atoms with Crippen molar-refractivity contribution in [1.29, 1.82) is 0 Å². The van der Waals surface area contributed by atoms with Crippen LogP contribution in [0, 0.1) is 0 Å². The molecule has 0 spiro atoms. The largest absolute Gasteiger partial charge is 0.271 e. The highest BCUT2D eigenvalue weighted by molar-refractivity contribution is 6.30. The Hall–Kier alpha value is -0.570. The summed E-state index contributed by atoms with van der Waals surface area (Å²) in [5.41, 5.74) is 4.17. The third-order valence-electron chi connectivity index (χ3n) is 2.88. The summed E-state index contributed by atoms with van der Waals surface area (Å²) in [4.78, 5) is 0. The first-order valence-electron chi connectivity index (χ1n) is 4.51. The maximum absolute atomic E-state index is 5.81. The van der Waals surface area contributed by atoms with Crippen LogP contribution in [0.5, 0.6) is 0 Å². The van der Waals surface area contributed by atoms with Gasteiger partial charge in [-0.3, -0.25) is 5.84 Å². The molecule has 2 nitrogen and oxygen atoms in total. The number of halogens is 1. The summed E-state index contributed by atoms with van der Waals surface area (Å²) in [6.45, 7) is 0. The van der Waals surface area contributed by atoms with Crippen LogP contribution in [0.15, 0.2) is 24.3 Å². The molecule has 0 radical (unpaired) electrons. The second-order valence-electron chi connectivity index (χ2n) is 3.59. The minimum atomic E-state index is 0.0184. The third-order valence-corrected chi connectivity index (χ3v) is 3.13. The first-order valence-corrected chi connectivity index (χ1v) is 4.88. The van der Waals surface area contributed by atoms with Crippen molar-refractivity contribution in [2.45, 2.75) is 24.8 Å². The van der Waals surface area contributed by atoms with Crippen LogP contribution in [0.2, 0.25) is 5.02 Å². The van der Waals surface area contributed by atoms with Crippen molar-refractivity contribution in [1.82, 2.24) is 5.43 Å². The van der Waals surface area contributed by atoms with E-state index in [4.69, 9.17) is 17.4 Å². The van der Waals surface area contributed by atoms with Gasteiger partial charge in [0.05, 0.1) is 5.54 Å². The zero-order chi connectivity index (χ0) is 9.31. The van der Waals surface area contributed by atoms with E-state index in [1.54, 1.807) is 0 Å². The molecule has 1 aromatic rings. The monoisotopic (exact) mass is 196 g/mol. The zero-order valence-electron chi connectivity index (χ0n) is 7.39. The van der Waals surface area contributed by atoms with E-state index >= 15 is 0 Å². The predicted octanol–water partition coefficient (Wildman–Crippen LogP) is 2.18. The predicted molar refractivity (Wildman–Crippen MR) is 54.3 cm³/mol. The topological polar surface area (TPSA) is 38.0 Å². The van der Waals surface area contributed by atoms with Crippen molar-refractivity contribution in [2.24, 2.45) is 5.84 Å². The van der Waals surface area contributed by atoms with Crippen molar-refractivity contribution in [3.05, 3.63) is 34.9 Å². The molecule has 0 amide bonds. The molecule has 1 aliphatic carbocycles. The van der Waals surface area contributed by atoms with Gasteiger partial charge in [0.15, 0.2) is 0 Å². The molecule has 2 rings (SSSR count). The summed E-state index contributed by atoms with van der Waals surface area (Å²) in [6.07, 6.45) is 3.48. The standard InChI is InChI=1S/C10H13ClN2/c11-9-4-2-8(3-5-9)10(13-12)6-1-7-10/h2-5,13H,1,6-7,12H2. The molecule has 0 aliphatic heterocycles. The van der Waals surface area contributed by atoms with Crippen LogP contribution < -0.4 is 11.3 Å². The Balaban J connectivity index is 2.28. The maximum atomic E-state index is 5.81. The van der Waals surface area contributed by atoms with Crippen LogP contribution in [0.25, 0.3) is 0 Å². The van der Waals surface area contributed by atoms with Gasteiger partial charge in [0.1, 0.15) is 0 Å². The Morgan fingerprint density at radius 3 is 2.23 bits per heavy atom. The lowest BCUT2D eigenvalue weighted by Crippen LogP contribution is -2.51. The average molecular weight is 197 g/mol. The van der Waals surface area contributed by atoms with Gasteiger partial charge in [-0.2, -0.15) is 0 Å². The molecule has 3 N–H and O–H groups in total. The number of rotatable bonds is 2. The molecule has 0 atom stereocenters. The Morgan fingerprint density at radius 2 is 1.85 bits per heavy atom. The fraction of sp³-hybridized carbons (Fsp3) is 0.400. The van der Waals surface area contributed by atoms with Crippen LogP contribution in [-0.4, -0.2) is 0 Å². The Bertz CT molecular complexity index is 285. The quantitative estimate of drug-likeness (QED) is 0.562. The van der Waals surface area contributed by atoms with E-state index in [0.717, 1.165) is 17.9 Å². The number of hydrazine groups is 1. The zero-order valence-corrected chi connectivity index (χ0v) is 8.14. The third kappa shape index (κ3) is 1.46. The molecule has 0 bridgehead atoms. The van der Waals surface area contributed by atoms with Crippen LogP contribution in [0.4, 0.5) is 0 Å². The number of hydrogen-bond acceptors (Lipinski definition) is 2. The fourth-order valence-corrected chi connectivity index (χ4v) is 1.94. The van der Waals surface area contributed by atoms with Crippen LogP contribution in [0.1, 0.15) is 24.8 Å². The van der Waals surface area contributed by atoms with Crippen molar-refractivity contribution in [2.75, 3.05) is 0 Å². The van der Waals surface area contributed by atoms with Crippen molar-refractivity contribution >= 4 is 11.6 Å².